The Bertz CT molecular complexity index is 1430. The van der Waals surface area contributed by atoms with Crippen LogP contribution in [0.2, 0.25) is 5.02 Å². The standard InChI is InChI=1S/C24H17ClFN5O2/c1-33-23(32)18-8-10-28-24(30-18)31-11-9-15-19-17(7-6-16(25)20(19)26)29-21(15)22(31)14-4-2-13(12-27)3-5-14/h2-8,10,22,29H,9,11H2,1H3. The molecule has 1 aliphatic heterocycles. The number of anilines is 1. The molecule has 0 spiro atoms. The summed E-state index contributed by atoms with van der Waals surface area (Å²) < 4.78 is 19.8. The summed E-state index contributed by atoms with van der Waals surface area (Å²) in [6, 6.07) is 13.7. The largest absolute Gasteiger partial charge is 0.464 e. The van der Waals surface area contributed by atoms with Crippen molar-refractivity contribution in [2.75, 3.05) is 18.6 Å². The van der Waals surface area contributed by atoms with Gasteiger partial charge in [-0.1, -0.05) is 23.7 Å². The lowest BCUT2D eigenvalue weighted by atomic mass is 9.92. The van der Waals surface area contributed by atoms with E-state index in [-0.39, 0.29) is 10.7 Å². The number of carbonyl (C=O) groups is 1. The molecule has 164 valence electrons. The molecule has 2 aromatic heterocycles. The van der Waals surface area contributed by atoms with Gasteiger partial charge in [0.2, 0.25) is 5.95 Å². The van der Waals surface area contributed by atoms with Crippen molar-refractivity contribution in [1.82, 2.24) is 15.0 Å². The van der Waals surface area contributed by atoms with Crippen LogP contribution in [0.25, 0.3) is 10.9 Å². The number of nitrogens with zero attached hydrogens (tertiary/aromatic N) is 4. The highest BCUT2D eigenvalue weighted by Gasteiger charge is 2.34. The zero-order chi connectivity index (χ0) is 23.1. The Hall–Kier alpha value is -3.96. The van der Waals surface area contributed by atoms with E-state index in [2.05, 4.69) is 21.0 Å². The van der Waals surface area contributed by atoms with Gasteiger partial charge in [-0.15, -0.1) is 0 Å². The molecule has 9 heteroatoms. The number of ether oxygens (including phenoxy) is 1. The molecule has 0 saturated heterocycles. The van der Waals surface area contributed by atoms with Crippen molar-refractivity contribution in [3.05, 3.63) is 87.6 Å². The SMILES string of the molecule is COC(=O)c1ccnc(N2CCc3c([nH]c4ccc(Cl)c(F)c34)C2c2ccc(C#N)cc2)n1. The number of halogens is 2. The van der Waals surface area contributed by atoms with E-state index in [4.69, 9.17) is 16.3 Å². The average Bonchev–Trinajstić information content (AvgIpc) is 3.24. The van der Waals surface area contributed by atoms with E-state index in [1.807, 2.05) is 17.0 Å². The fourth-order valence-corrected chi connectivity index (χ4v) is 4.48. The van der Waals surface area contributed by atoms with Crippen LogP contribution >= 0.6 is 11.6 Å². The number of carbonyl (C=O) groups excluding carboxylic acids is 1. The lowest BCUT2D eigenvalue weighted by Crippen LogP contribution is -2.37. The van der Waals surface area contributed by atoms with Crippen molar-refractivity contribution >= 4 is 34.4 Å². The molecule has 1 aliphatic rings. The van der Waals surface area contributed by atoms with E-state index >= 15 is 0 Å². The van der Waals surface area contributed by atoms with Gasteiger partial charge in [0.25, 0.3) is 0 Å². The minimum Gasteiger partial charge on any atom is -0.464 e. The molecule has 3 heterocycles. The molecule has 33 heavy (non-hydrogen) atoms. The lowest BCUT2D eigenvalue weighted by Gasteiger charge is -2.36. The van der Waals surface area contributed by atoms with Crippen LogP contribution in [0.5, 0.6) is 0 Å². The zero-order valence-electron chi connectivity index (χ0n) is 17.5. The molecule has 1 atom stereocenters. The highest BCUT2D eigenvalue weighted by Crippen LogP contribution is 2.41. The van der Waals surface area contributed by atoms with Gasteiger partial charge >= 0.3 is 5.97 Å². The van der Waals surface area contributed by atoms with Crippen molar-refractivity contribution < 1.29 is 13.9 Å². The Labute approximate surface area is 193 Å². The second-order valence-corrected chi connectivity index (χ2v) is 8.02. The molecule has 0 fully saturated rings. The molecular weight excluding hydrogens is 445 g/mol. The van der Waals surface area contributed by atoms with Gasteiger partial charge in [-0.2, -0.15) is 5.26 Å². The molecule has 0 saturated carbocycles. The number of benzene rings is 2. The predicted molar refractivity (Wildman–Crippen MR) is 121 cm³/mol. The van der Waals surface area contributed by atoms with Gasteiger partial charge < -0.3 is 14.6 Å². The molecule has 7 nitrogen and oxygen atoms in total. The number of hydrogen-bond acceptors (Lipinski definition) is 6. The summed E-state index contributed by atoms with van der Waals surface area (Å²) in [7, 11) is 1.29. The number of H-pyrrole nitrogens is 1. The van der Waals surface area contributed by atoms with E-state index < -0.39 is 17.8 Å². The number of fused-ring (bicyclic) bond motifs is 3. The highest BCUT2D eigenvalue weighted by molar-refractivity contribution is 6.31. The second kappa shape index (κ2) is 8.19. The smallest absolute Gasteiger partial charge is 0.356 e. The number of rotatable bonds is 3. The van der Waals surface area contributed by atoms with Crippen LogP contribution in [0.4, 0.5) is 10.3 Å². The molecule has 2 aromatic carbocycles. The molecule has 1 N–H and O–H groups in total. The van der Waals surface area contributed by atoms with Crippen molar-refractivity contribution in [3.63, 3.8) is 0 Å². The van der Waals surface area contributed by atoms with Gasteiger partial charge in [-0.05, 0) is 47.9 Å². The molecular formula is C24H17ClFN5O2. The fourth-order valence-electron chi connectivity index (χ4n) is 4.32. The summed E-state index contributed by atoms with van der Waals surface area (Å²) in [5.74, 6) is -0.675. The van der Waals surface area contributed by atoms with Crippen molar-refractivity contribution in [2.45, 2.75) is 12.5 Å². The molecule has 4 aromatic rings. The zero-order valence-corrected chi connectivity index (χ0v) is 18.2. The maximum absolute atomic E-state index is 15.0. The monoisotopic (exact) mass is 461 g/mol. The van der Waals surface area contributed by atoms with Gasteiger partial charge in [0.05, 0.1) is 29.8 Å². The number of nitrogens with one attached hydrogen (secondary N) is 1. The van der Waals surface area contributed by atoms with Crippen LogP contribution in [-0.2, 0) is 11.2 Å². The molecule has 0 bridgehead atoms. The van der Waals surface area contributed by atoms with Crippen molar-refractivity contribution in [2.24, 2.45) is 0 Å². The first-order chi connectivity index (χ1) is 16.0. The number of aromatic nitrogens is 3. The fraction of sp³-hybridized carbons (Fsp3) is 0.167. The third-order valence-corrected chi connectivity index (χ3v) is 6.12. The molecule has 5 rings (SSSR count). The van der Waals surface area contributed by atoms with Gasteiger partial charge in [0.15, 0.2) is 11.5 Å². The van der Waals surface area contributed by atoms with Crippen LogP contribution in [0, 0.1) is 17.1 Å². The maximum atomic E-state index is 15.0. The molecule has 0 radical (unpaired) electrons. The second-order valence-electron chi connectivity index (χ2n) is 7.61. The first-order valence-electron chi connectivity index (χ1n) is 10.2. The first kappa shape index (κ1) is 20.9. The van der Waals surface area contributed by atoms with Crippen LogP contribution in [0.3, 0.4) is 0 Å². The van der Waals surface area contributed by atoms with Crippen LogP contribution in [0.1, 0.15) is 38.9 Å². The Morgan fingerprint density at radius 3 is 2.79 bits per heavy atom. The van der Waals surface area contributed by atoms with Crippen LogP contribution in [0.15, 0.2) is 48.7 Å². The lowest BCUT2D eigenvalue weighted by molar-refractivity contribution is 0.0594. The molecule has 0 amide bonds. The van der Waals surface area contributed by atoms with E-state index in [1.165, 1.54) is 25.4 Å². The number of methoxy groups -OCH3 is 1. The third kappa shape index (κ3) is 3.47. The first-order valence-corrected chi connectivity index (χ1v) is 10.6. The van der Waals surface area contributed by atoms with Crippen molar-refractivity contribution in [1.29, 1.82) is 5.26 Å². The number of hydrogen-bond donors (Lipinski definition) is 1. The summed E-state index contributed by atoms with van der Waals surface area (Å²) in [5, 5.41) is 9.74. The van der Waals surface area contributed by atoms with Gasteiger partial charge in [0, 0.05) is 29.3 Å². The minimum atomic E-state index is -0.561. The summed E-state index contributed by atoms with van der Waals surface area (Å²) in [5.41, 5.74) is 3.79. The van der Waals surface area contributed by atoms with E-state index in [9.17, 15) is 14.4 Å². The number of esters is 1. The Morgan fingerprint density at radius 2 is 2.06 bits per heavy atom. The van der Waals surface area contributed by atoms with E-state index in [1.54, 1.807) is 18.2 Å². The summed E-state index contributed by atoms with van der Waals surface area (Å²) >= 11 is 6.07. The topological polar surface area (TPSA) is 94.9 Å². The summed E-state index contributed by atoms with van der Waals surface area (Å²) in [6.45, 7) is 0.473. The molecule has 0 aliphatic carbocycles. The normalized spacial score (nSPS) is 15.2. The highest BCUT2D eigenvalue weighted by atomic mass is 35.5. The summed E-state index contributed by atoms with van der Waals surface area (Å²) in [4.78, 5) is 26.1. The summed E-state index contributed by atoms with van der Waals surface area (Å²) in [6.07, 6.45) is 2.02. The minimum absolute atomic E-state index is 0.0655. The van der Waals surface area contributed by atoms with Crippen LogP contribution < -0.4 is 4.90 Å². The third-order valence-electron chi connectivity index (χ3n) is 5.83. The van der Waals surface area contributed by atoms with E-state index in [0.717, 1.165) is 16.8 Å². The van der Waals surface area contributed by atoms with E-state index in [0.29, 0.717) is 35.4 Å². The van der Waals surface area contributed by atoms with Crippen LogP contribution in [-0.4, -0.2) is 34.6 Å². The Kier molecular flexibility index (Phi) is 5.19. The average molecular weight is 462 g/mol. The predicted octanol–water partition coefficient (Wildman–Crippen LogP) is 4.56. The van der Waals surface area contributed by atoms with Crippen molar-refractivity contribution in [3.8, 4) is 6.07 Å². The quantitative estimate of drug-likeness (QED) is 0.449. The number of aromatic amines is 1. The Balaban J connectivity index is 1.70. The molecule has 1 unspecified atom stereocenters. The Morgan fingerprint density at radius 1 is 1.27 bits per heavy atom. The van der Waals surface area contributed by atoms with Gasteiger partial charge in [-0.3, -0.25) is 0 Å². The van der Waals surface area contributed by atoms with Gasteiger partial charge in [0.1, 0.15) is 0 Å². The number of nitriles is 1. The van der Waals surface area contributed by atoms with Gasteiger partial charge in [-0.25, -0.2) is 19.2 Å². The maximum Gasteiger partial charge on any atom is 0.356 e.